The molecule has 0 saturated carbocycles. The maximum atomic E-state index is 13.0. The number of allylic oxidation sites excluding steroid dienone is 1. The highest BCUT2D eigenvalue weighted by atomic mass is 35.5. The van der Waals surface area contributed by atoms with Crippen LogP contribution in [-0.2, 0) is 13.0 Å². The minimum Gasteiger partial charge on any atom is -0.439 e. The summed E-state index contributed by atoms with van der Waals surface area (Å²) in [5.74, 6) is 1.24. The second kappa shape index (κ2) is 7.00. The zero-order valence-corrected chi connectivity index (χ0v) is 15.7. The van der Waals surface area contributed by atoms with E-state index in [2.05, 4.69) is 16.5 Å². The van der Waals surface area contributed by atoms with Crippen molar-refractivity contribution in [1.29, 1.82) is 0 Å². The third-order valence-corrected chi connectivity index (χ3v) is 4.80. The van der Waals surface area contributed by atoms with Gasteiger partial charge in [-0.15, -0.1) is 0 Å². The third kappa shape index (κ3) is 3.38. The van der Waals surface area contributed by atoms with Gasteiger partial charge in [0.2, 0.25) is 5.89 Å². The molecule has 6 heteroatoms. The van der Waals surface area contributed by atoms with E-state index in [-0.39, 0.29) is 5.91 Å². The van der Waals surface area contributed by atoms with Crippen LogP contribution in [-0.4, -0.2) is 27.3 Å². The van der Waals surface area contributed by atoms with Gasteiger partial charge >= 0.3 is 0 Å². The number of aromatic nitrogens is 2. The molecule has 0 N–H and O–H groups in total. The number of hydrogen-bond donors (Lipinski definition) is 0. The molecule has 0 aliphatic carbocycles. The van der Waals surface area contributed by atoms with Crippen LogP contribution in [0.2, 0.25) is 5.02 Å². The number of benzene rings is 1. The van der Waals surface area contributed by atoms with Gasteiger partial charge in [0, 0.05) is 24.7 Å². The molecule has 0 atom stereocenters. The topological polar surface area (TPSA) is 59.2 Å². The number of nitrogens with zero attached hydrogens (tertiary/aromatic N) is 3. The molecule has 1 aliphatic rings. The van der Waals surface area contributed by atoms with Crippen LogP contribution in [0.3, 0.4) is 0 Å². The summed E-state index contributed by atoms with van der Waals surface area (Å²) in [5.41, 5.74) is 3.80. The quantitative estimate of drug-likeness (QED) is 0.666. The van der Waals surface area contributed by atoms with Crippen molar-refractivity contribution in [1.82, 2.24) is 14.9 Å². The summed E-state index contributed by atoms with van der Waals surface area (Å²) in [6.45, 7) is 6.88. The maximum absolute atomic E-state index is 13.0. The SMILES string of the molecule is C=C(C)c1ccccc1C(=O)N1CCc2oc(-c3ccc(Cl)cn3)nc2C1. The average molecular weight is 380 g/mol. The molecular formula is C21H18ClN3O2. The summed E-state index contributed by atoms with van der Waals surface area (Å²) in [7, 11) is 0. The van der Waals surface area contributed by atoms with E-state index < -0.39 is 0 Å². The number of carbonyl (C=O) groups excluding carboxylic acids is 1. The fraction of sp³-hybridized carbons (Fsp3) is 0.190. The van der Waals surface area contributed by atoms with Crippen LogP contribution < -0.4 is 0 Å². The van der Waals surface area contributed by atoms with Gasteiger partial charge in [-0.2, -0.15) is 0 Å². The summed E-state index contributed by atoms with van der Waals surface area (Å²) >= 11 is 5.88. The molecule has 0 spiro atoms. The Labute approximate surface area is 162 Å². The minimum atomic E-state index is -0.0200. The lowest BCUT2D eigenvalue weighted by molar-refractivity contribution is 0.0727. The first-order valence-electron chi connectivity index (χ1n) is 8.67. The number of pyridine rings is 1. The van der Waals surface area contributed by atoms with Crippen molar-refractivity contribution in [3.63, 3.8) is 0 Å². The second-order valence-electron chi connectivity index (χ2n) is 6.55. The van der Waals surface area contributed by atoms with Crippen molar-refractivity contribution in [2.24, 2.45) is 0 Å². The van der Waals surface area contributed by atoms with Crippen molar-refractivity contribution in [2.45, 2.75) is 19.9 Å². The summed E-state index contributed by atoms with van der Waals surface area (Å²) in [6, 6.07) is 11.1. The molecule has 4 rings (SSSR count). The molecule has 0 radical (unpaired) electrons. The van der Waals surface area contributed by atoms with Crippen molar-refractivity contribution >= 4 is 23.1 Å². The number of halogens is 1. The van der Waals surface area contributed by atoms with Gasteiger partial charge in [-0.05, 0) is 30.7 Å². The van der Waals surface area contributed by atoms with E-state index in [0.717, 1.165) is 22.6 Å². The van der Waals surface area contributed by atoms with E-state index in [1.807, 2.05) is 31.2 Å². The van der Waals surface area contributed by atoms with Crippen LogP contribution in [0.1, 0.15) is 34.3 Å². The van der Waals surface area contributed by atoms with E-state index in [1.165, 1.54) is 0 Å². The highest BCUT2D eigenvalue weighted by molar-refractivity contribution is 6.30. The lowest BCUT2D eigenvalue weighted by Crippen LogP contribution is -2.36. The van der Waals surface area contributed by atoms with E-state index in [1.54, 1.807) is 23.2 Å². The molecule has 5 nitrogen and oxygen atoms in total. The molecule has 0 saturated heterocycles. The Morgan fingerprint density at radius 2 is 2.00 bits per heavy atom. The third-order valence-electron chi connectivity index (χ3n) is 4.58. The first-order chi connectivity index (χ1) is 13.0. The van der Waals surface area contributed by atoms with E-state index in [0.29, 0.717) is 41.7 Å². The summed E-state index contributed by atoms with van der Waals surface area (Å²) < 4.78 is 5.86. The first kappa shape index (κ1) is 17.5. The van der Waals surface area contributed by atoms with Gasteiger partial charge in [0.1, 0.15) is 17.1 Å². The molecule has 1 amide bonds. The van der Waals surface area contributed by atoms with E-state index >= 15 is 0 Å². The lowest BCUT2D eigenvalue weighted by Gasteiger charge is -2.26. The molecule has 1 aromatic carbocycles. The Morgan fingerprint density at radius 1 is 1.22 bits per heavy atom. The number of amides is 1. The van der Waals surface area contributed by atoms with Crippen molar-refractivity contribution in [3.05, 3.63) is 76.8 Å². The van der Waals surface area contributed by atoms with Crippen molar-refractivity contribution in [2.75, 3.05) is 6.54 Å². The zero-order chi connectivity index (χ0) is 19.0. The van der Waals surface area contributed by atoms with E-state index in [9.17, 15) is 4.79 Å². The zero-order valence-electron chi connectivity index (χ0n) is 14.9. The van der Waals surface area contributed by atoms with Gasteiger partial charge in [0.15, 0.2) is 0 Å². The van der Waals surface area contributed by atoms with Gasteiger partial charge in [-0.1, -0.05) is 42.0 Å². The maximum Gasteiger partial charge on any atom is 0.254 e. The van der Waals surface area contributed by atoms with Gasteiger partial charge < -0.3 is 9.32 Å². The molecule has 27 heavy (non-hydrogen) atoms. The Hall–Kier alpha value is -2.92. The van der Waals surface area contributed by atoms with Gasteiger partial charge in [-0.3, -0.25) is 4.79 Å². The lowest BCUT2D eigenvalue weighted by atomic mass is 10.00. The Morgan fingerprint density at radius 3 is 2.70 bits per heavy atom. The van der Waals surface area contributed by atoms with Crippen molar-refractivity contribution < 1.29 is 9.21 Å². The Bertz CT molecular complexity index is 1020. The first-order valence-corrected chi connectivity index (χ1v) is 9.05. The number of carbonyl (C=O) groups is 1. The summed E-state index contributed by atoms with van der Waals surface area (Å²) in [5, 5.41) is 0.558. The Balaban J connectivity index is 1.59. The fourth-order valence-corrected chi connectivity index (χ4v) is 3.31. The fourth-order valence-electron chi connectivity index (χ4n) is 3.20. The number of hydrogen-bond acceptors (Lipinski definition) is 4. The highest BCUT2D eigenvalue weighted by Gasteiger charge is 2.27. The highest BCUT2D eigenvalue weighted by Crippen LogP contribution is 2.27. The molecule has 3 heterocycles. The van der Waals surface area contributed by atoms with Crippen LogP contribution in [0.4, 0.5) is 0 Å². The standard InChI is InChI=1S/C21H18ClN3O2/c1-13(2)15-5-3-4-6-16(15)21(26)25-10-9-19-18(12-25)24-20(27-19)17-8-7-14(22)11-23-17/h3-8,11H,1,9-10,12H2,2H3. The van der Waals surface area contributed by atoms with Crippen LogP contribution in [0.5, 0.6) is 0 Å². The normalized spacial score (nSPS) is 13.3. The molecule has 3 aromatic rings. The van der Waals surface area contributed by atoms with Crippen LogP contribution in [0, 0.1) is 0 Å². The van der Waals surface area contributed by atoms with Crippen molar-refractivity contribution in [3.8, 4) is 11.6 Å². The molecule has 0 bridgehead atoms. The second-order valence-corrected chi connectivity index (χ2v) is 6.99. The molecule has 0 unspecified atom stereocenters. The predicted octanol–water partition coefficient (Wildman–Crippen LogP) is 4.62. The average Bonchev–Trinajstić information content (AvgIpc) is 3.11. The van der Waals surface area contributed by atoms with Crippen LogP contribution in [0.15, 0.2) is 53.6 Å². The van der Waals surface area contributed by atoms with Crippen LogP contribution >= 0.6 is 11.6 Å². The van der Waals surface area contributed by atoms with Gasteiger partial charge in [0.05, 0.1) is 11.6 Å². The molecule has 1 aliphatic heterocycles. The summed E-state index contributed by atoms with van der Waals surface area (Å²) in [4.78, 5) is 23.6. The minimum absolute atomic E-state index is 0.0200. The smallest absolute Gasteiger partial charge is 0.254 e. The van der Waals surface area contributed by atoms with Gasteiger partial charge in [0.25, 0.3) is 5.91 Å². The predicted molar refractivity (Wildman–Crippen MR) is 104 cm³/mol. The van der Waals surface area contributed by atoms with Crippen LogP contribution in [0.25, 0.3) is 17.2 Å². The molecule has 136 valence electrons. The monoisotopic (exact) mass is 379 g/mol. The van der Waals surface area contributed by atoms with Gasteiger partial charge in [-0.25, -0.2) is 9.97 Å². The summed E-state index contributed by atoms with van der Waals surface area (Å²) in [6.07, 6.45) is 2.18. The molecule has 0 fully saturated rings. The number of rotatable bonds is 3. The number of oxazole rings is 1. The number of fused-ring (bicyclic) bond motifs is 1. The molecular weight excluding hydrogens is 362 g/mol. The Kier molecular flexibility index (Phi) is 4.54. The largest absolute Gasteiger partial charge is 0.439 e. The molecule has 2 aromatic heterocycles. The van der Waals surface area contributed by atoms with E-state index in [4.69, 9.17) is 16.0 Å².